The highest BCUT2D eigenvalue weighted by Gasteiger charge is 2.18. The van der Waals surface area contributed by atoms with Gasteiger partial charge in [-0.05, 0) is 30.3 Å². The minimum absolute atomic E-state index is 0.0556. The Kier molecular flexibility index (Phi) is 3.39. The van der Waals surface area contributed by atoms with Crippen molar-refractivity contribution in [3.63, 3.8) is 0 Å². The molecule has 2 aromatic carbocycles. The second kappa shape index (κ2) is 4.85. The van der Waals surface area contributed by atoms with Gasteiger partial charge in [-0.3, -0.25) is 4.72 Å². The zero-order valence-corrected chi connectivity index (χ0v) is 10.4. The van der Waals surface area contributed by atoms with E-state index in [0.717, 1.165) is 18.2 Å². The van der Waals surface area contributed by atoms with Crippen molar-refractivity contribution in [1.29, 1.82) is 0 Å². The topological polar surface area (TPSA) is 72.2 Å². The summed E-state index contributed by atoms with van der Waals surface area (Å²) in [6.07, 6.45) is 0. The molecule has 0 unspecified atom stereocenters. The second-order valence-electron chi connectivity index (χ2n) is 3.77. The predicted molar refractivity (Wildman–Crippen MR) is 68.0 cm³/mol. The van der Waals surface area contributed by atoms with Crippen molar-refractivity contribution in [2.75, 3.05) is 10.5 Å². The highest BCUT2D eigenvalue weighted by molar-refractivity contribution is 7.92. The molecule has 7 heteroatoms. The normalized spacial score (nSPS) is 11.3. The lowest BCUT2D eigenvalue weighted by Gasteiger charge is -2.11. The van der Waals surface area contributed by atoms with Crippen molar-refractivity contribution in [1.82, 2.24) is 0 Å². The van der Waals surface area contributed by atoms with Gasteiger partial charge in [0, 0.05) is 0 Å². The molecule has 0 aliphatic carbocycles. The molecule has 0 aliphatic rings. The van der Waals surface area contributed by atoms with E-state index in [2.05, 4.69) is 0 Å². The van der Waals surface area contributed by atoms with E-state index in [1.54, 1.807) is 0 Å². The van der Waals surface area contributed by atoms with Crippen molar-refractivity contribution in [3.8, 4) is 0 Å². The molecule has 2 rings (SSSR count). The van der Waals surface area contributed by atoms with Crippen LogP contribution in [0.5, 0.6) is 0 Å². The molecule has 19 heavy (non-hydrogen) atoms. The molecule has 0 radical (unpaired) electrons. The van der Waals surface area contributed by atoms with Crippen LogP contribution in [-0.2, 0) is 10.0 Å². The Morgan fingerprint density at radius 3 is 2.37 bits per heavy atom. The molecule has 0 aliphatic heterocycles. The molecule has 0 spiro atoms. The minimum atomic E-state index is -4.09. The zero-order valence-electron chi connectivity index (χ0n) is 9.60. The molecule has 4 nitrogen and oxygen atoms in total. The summed E-state index contributed by atoms with van der Waals surface area (Å²) in [6, 6.07) is 8.16. The van der Waals surface area contributed by atoms with E-state index in [9.17, 15) is 17.2 Å². The summed E-state index contributed by atoms with van der Waals surface area (Å²) in [7, 11) is -4.09. The maximum Gasteiger partial charge on any atom is 0.262 e. The van der Waals surface area contributed by atoms with Gasteiger partial charge in [0.05, 0.1) is 10.6 Å². The number of halogens is 2. The third-order valence-electron chi connectivity index (χ3n) is 2.39. The van der Waals surface area contributed by atoms with E-state index >= 15 is 0 Å². The van der Waals surface area contributed by atoms with E-state index in [-0.39, 0.29) is 16.3 Å². The smallest absolute Gasteiger partial charge is 0.262 e. The van der Waals surface area contributed by atoms with Crippen molar-refractivity contribution < 1.29 is 17.2 Å². The Morgan fingerprint density at radius 1 is 1.05 bits per heavy atom. The lowest BCUT2D eigenvalue weighted by atomic mass is 10.3. The monoisotopic (exact) mass is 284 g/mol. The van der Waals surface area contributed by atoms with Crippen molar-refractivity contribution in [2.45, 2.75) is 4.90 Å². The van der Waals surface area contributed by atoms with Crippen LogP contribution in [-0.4, -0.2) is 8.42 Å². The van der Waals surface area contributed by atoms with Crippen molar-refractivity contribution in [3.05, 3.63) is 54.1 Å². The molecule has 0 saturated heterocycles. The fourth-order valence-corrected chi connectivity index (χ4v) is 2.60. The highest BCUT2D eigenvalue weighted by atomic mass is 32.2. The minimum Gasteiger partial charge on any atom is -0.397 e. The van der Waals surface area contributed by atoms with Crippen LogP contribution in [0.4, 0.5) is 20.2 Å². The fraction of sp³-hybridized carbons (Fsp3) is 0. The fourth-order valence-electron chi connectivity index (χ4n) is 1.48. The number of nitrogens with one attached hydrogen (secondary N) is 1. The Balaban J connectivity index is 2.42. The third kappa shape index (κ3) is 2.82. The van der Waals surface area contributed by atoms with E-state index in [1.165, 1.54) is 24.3 Å². The summed E-state index contributed by atoms with van der Waals surface area (Å²) < 4.78 is 52.4. The van der Waals surface area contributed by atoms with Gasteiger partial charge in [-0.2, -0.15) is 0 Å². The van der Waals surface area contributed by atoms with Gasteiger partial charge in [0.1, 0.15) is 17.3 Å². The summed E-state index contributed by atoms with van der Waals surface area (Å²) in [5.41, 5.74) is 5.09. The number of nitrogens with two attached hydrogens (primary N) is 1. The number of sulfonamides is 1. The van der Waals surface area contributed by atoms with Crippen LogP contribution < -0.4 is 10.5 Å². The Hall–Kier alpha value is -2.15. The zero-order chi connectivity index (χ0) is 14.0. The first kappa shape index (κ1) is 13.3. The standard InChI is InChI=1S/C12H10F2N2O2S/c13-8-3-1-4-9(7-8)19(17,18)16-12-10(14)5-2-6-11(12)15/h1-7,16H,15H2. The molecule has 0 amide bonds. The van der Waals surface area contributed by atoms with Crippen LogP contribution in [0.1, 0.15) is 0 Å². The van der Waals surface area contributed by atoms with Gasteiger partial charge >= 0.3 is 0 Å². The number of hydrogen-bond donors (Lipinski definition) is 2. The molecular formula is C12H10F2N2O2S. The average Bonchev–Trinajstić information content (AvgIpc) is 2.34. The molecule has 0 heterocycles. The SMILES string of the molecule is Nc1cccc(F)c1NS(=O)(=O)c1cccc(F)c1. The van der Waals surface area contributed by atoms with Gasteiger partial charge in [0.25, 0.3) is 10.0 Å². The number of para-hydroxylation sites is 1. The van der Waals surface area contributed by atoms with Gasteiger partial charge in [0.2, 0.25) is 0 Å². The number of rotatable bonds is 3. The molecule has 0 saturated carbocycles. The van der Waals surface area contributed by atoms with Gasteiger partial charge < -0.3 is 5.73 Å². The summed E-state index contributed by atoms with van der Waals surface area (Å²) in [5.74, 6) is -1.51. The van der Waals surface area contributed by atoms with E-state index < -0.39 is 21.7 Å². The molecule has 0 atom stereocenters. The summed E-state index contributed by atoms with van der Waals surface area (Å²) in [4.78, 5) is -0.310. The van der Waals surface area contributed by atoms with Crippen molar-refractivity contribution >= 4 is 21.4 Å². The average molecular weight is 284 g/mol. The highest BCUT2D eigenvalue weighted by Crippen LogP contribution is 2.25. The molecule has 0 aromatic heterocycles. The maximum atomic E-state index is 13.5. The lowest BCUT2D eigenvalue weighted by molar-refractivity contribution is 0.593. The molecule has 2 aromatic rings. The second-order valence-corrected chi connectivity index (χ2v) is 5.45. The number of hydrogen-bond acceptors (Lipinski definition) is 3. The predicted octanol–water partition coefficient (Wildman–Crippen LogP) is 2.35. The van der Waals surface area contributed by atoms with Crippen LogP contribution in [0.3, 0.4) is 0 Å². The molecule has 0 bridgehead atoms. The van der Waals surface area contributed by atoms with Gasteiger partial charge in [-0.1, -0.05) is 12.1 Å². The first-order valence-electron chi connectivity index (χ1n) is 5.22. The first-order valence-corrected chi connectivity index (χ1v) is 6.71. The van der Waals surface area contributed by atoms with Crippen molar-refractivity contribution in [2.24, 2.45) is 0 Å². The number of benzene rings is 2. The molecular weight excluding hydrogens is 274 g/mol. The largest absolute Gasteiger partial charge is 0.397 e. The van der Waals surface area contributed by atoms with Gasteiger partial charge in [0.15, 0.2) is 0 Å². The van der Waals surface area contributed by atoms with Gasteiger partial charge in [-0.15, -0.1) is 0 Å². The number of nitrogen functional groups attached to an aromatic ring is 1. The van der Waals surface area contributed by atoms with E-state index in [0.29, 0.717) is 0 Å². The molecule has 100 valence electrons. The van der Waals surface area contributed by atoms with Crippen LogP contribution in [0.25, 0.3) is 0 Å². The van der Waals surface area contributed by atoms with Crippen LogP contribution >= 0.6 is 0 Å². The third-order valence-corrected chi connectivity index (χ3v) is 3.74. The van der Waals surface area contributed by atoms with Crippen LogP contribution in [0.2, 0.25) is 0 Å². The van der Waals surface area contributed by atoms with E-state index in [4.69, 9.17) is 5.73 Å². The Labute approximate surface area is 108 Å². The Morgan fingerprint density at radius 2 is 1.74 bits per heavy atom. The number of anilines is 2. The van der Waals surface area contributed by atoms with Crippen LogP contribution in [0, 0.1) is 11.6 Å². The summed E-state index contributed by atoms with van der Waals surface area (Å²) in [5, 5.41) is 0. The molecule has 3 N–H and O–H groups in total. The lowest BCUT2D eigenvalue weighted by Crippen LogP contribution is -2.15. The van der Waals surface area contributed by atoms with E-state index in [1.807, 2.05) is 4.72 Å². The molecule has 0 fully saturated rings. The summed E-state index contributed by atoms with van der Waals surface area (Å²) in [6.45, 7) is 0. The first-order chi connectivity index (χ1) is 8.90. The van der Waals surface area contributed by atoms with Gasteiger partial charge in [-0.25, -0.2) is 17.2 Å². The quantitative estimate of drug-likeness (QED) is 0.850. The maximum absolute atomic E-state index is 13.5. The van der Waals surface area contributed by atoms with Crippen LogP contribution in [0.15, 0.2) is 47.4 Å². The summed E-state index contributed by atoms with van der Waals surface area (Å²) >= 11 is 0. The Bertz CT molecular complexity index is 697.